The Bertz CT molecular complexity index is 285. The second-order valence-corrected chi connectivity index (χ2v) is 5.24. The number of amides is 1. The SMILES string of the molecule is O=C(O)CCCC(=O)NCC1(CO)CCCCC1. The molecule has 0 spiro atoms. The Labute approximate surface area is 108 Å². The molecule has 0 aliphatic heterocycles. The van der Waals surface area contributed by atoms with Gasteiger partial charge in [-0.3, -0.25) is 9.59 Å². The number of aliphatic hydroxyl groups is 1. The van der Waals surface area contributed by atoms with Crippen LogP contribution in [0.3, 0.4) is 0 Å². The maximum Gasteiger partial charge on any atom is 0.303 e. The van der Waals surface area contributed by atoms with E-state index in [-0.39, 0.29) is 30.8 Å². The molecule has 1 amide bonds. The van der Waals surface area contributed by atoms with Crippen molar-refractivity contribution in [3.8, 4) is 0 Å². The maximum atomic E-state index is 11.5. The van der Waals surface area contributed by atoms with Gasteiger partial charge in [-0.1, -0.05) is 19.3 Å². The number of hydrogen-bond acceptors (Lipinski definition) is 3. The number of carbonyl (C=O) groups is 2. The van der Waals surface area contributed by atoms with E-state index in [0.29, 0.717) is 13.0 Å². The molecule has 0 radical (unpaired) electrons. The van der Waals surface area contributed by atoms with E-state index in [9.17, 15) is 14.7 Å². The molecule has 0 aromatic carbocycles. The third-order valence-electron chi connectivity index (χ3n) is 3.70. The van der Waals surface area contributed by atoms with Gasteiger partial charge in [0.25, 0.3) is 0 Å². The minimum absolute atomic E-state index is 0.0264. The Morgan fingerprint density at radius 2 is 1.78 bits per heavy atom. The Hall–Kier alpha value is -1.10. The number of carboxylic acid groups (broad SMARTS) is 1. The highest BCUT2D eigenvalue weighted by atomic mass is 16.4. The van der Waals surface area contributed by atoms with Crippen LogP contribution in [0.2, 0.25) is 0 Å². The molecule has 5 nitrogen and oxygen atoms in total. The van der Waals surface area contributed by atoms with Crippen LogP contribution in [0.5, 0.6) is 0 Å². The van der Waals surface area contributed by atoms with Gasteiger partial charge in [0, 0.05) is 24.8 Å². The van der Waals surface area contributed by atoms with Crippen molar-refractivity contribution in [3.63, 3.8) is 0 Å². The van der Waals surface area contributed by atoms with E-state index in [2.05, 4.69) is 5.32 Å². The zero-order chi connectivity index (χ0) is 13.4. The number of rotatable bonds is 7. The number of hydrogen-bond donors (Lipinski definition) is 3. The molecule has 0 heterocycles. The van der Waals surface area contributed by atoms with Gasteiger partial charge >= 0.3 is 5.97 Å². The van der Waals surface area contributed by atoms with Gasteiger partial charge in [-0.25, -0.2) is 0 Å². The number of carboxylic acids is 1. The van der Waals surface area contributed by atoms with E-state index < -0.39 is 5.97 Å². The zero-order valence-corrected chi connectivity index (χ0v) is 10.8. The minimum Gasteiger partial charge on any atom is -0.481 e. The summed E-state index contributed by atoms with van der Waals surface area (Å²) in [7, 11) is 0. The van der Waals surface area contributed by atoms with Gasteiger partial charge < -0.3 is 15.5 Å². The molecule has 3 N–H and O–H groups in total. The second-order valence-electron chi connectivity index (χ2n) is 5.24. The molecule has 1 fully saturated rings. The number of aliphatic carboxylic acids is 1. The highest BCUT2D eigenvalue weighted by molar-refractivity contribution is 5.76. The van der Waals surface area contributed by atoms with E-state index in [1.165, 1.54) is 6.42 Å². The summed E-state index contributed by atoms with van der Waals surface area (Å²) >= 11 is 0. The topological polar surface area (TPSA) is 86.6 Å². The standard InChI is InChI=1S/C13H23NO4/c15-10-13(7-2-1-3-8-13)9-14-11(16)5-4-6-12(17)18/h15H,1-10H2,(H,14,16)(H,17,18). The smallest absolute Gasteiger partial charge is 0.303 e. The maximum absolute atomic E-state index is 11.5. The summed E-state index contributed by atoms with van der Waals surface area (Å²) in [5, 5.41) is 20.8. The summed E-state index contributed by atoms with van der Waals surface area (Å²) in [6.07, 6.45) is 5.97. The molecule has 104 valence electrons. The quantitative estimate of drug-likeness (QED) is 0.641. The summed E-state index contributed by atoms with van der Waals surface area (Å²) in [4.78, 5) is 21.9. The molecule has 18 heavy (non-hydrogen) atoms. The number of carbonyl (C=O) groups excluding carboxylic acids is 1. The Morgan fingerprint density at radius 1 is 1.11 bits per heavy atom. The van der Waals surface area contributed by atoms with Crippen LogP contribution < -0.4 is 5.32 Å². The first kappa shape index (κ1) is 15.0. The Kier molecular flexibility index (Phi) is 6.12. The normalized spacial score (nSPS) is 18.3. The van der Waals surface area contributed by atoms with E-state index in [0.717, 1.165) is 25.7 Å². The lowest BCUT2D eigenvalue weighted by atomic mass is 9.74. The Morgan fingerprint density at radius 3 is 2.33 bits per heavy atom. The van der Waals surface area contributed by atoms with Crippen LogP contribution in [0.1, 0.15) is 51.4 Å². The molecule has 1 aliphatic rings. The van der Waals surface area contributed by atoms with Gasteiger partial charge in [-0.2, -0.15) is 0 Å². The summed E-state index contributed by atoms with van der Waals surface area (Å²) in [5.41, 5.74) is -0.152. The molecule has 1 rings (SSSR count). The first-order valence-electron chi connectivity index (χ1n) is 6.67. The van der Waals surface area contributed by atoms with Crippen LogP contribution in [0.4, 0.5) is 0 Å². The van der Waals surface area contributed by atoms with Crippen molar-refractivity contribution in [1.82, 2.24) is 5.32 Å². The average Bonchev–Trinajstić information content (AvgIpc) is 2.37. The second kappa shape index (κ2) is 7.36. The fourth-order valence-corrected chi connectivity index (χ4v) is 2.47. The molecule has 0 aromatic heterocycles. The molecule has 0 saturated heterocycles. The van der Waals surface area contributed by atoms with Gasteiger partial charge in [-0.15, -0.1) is 0 Å². The molecule has 0 atom stereocenters. The first-order valence-corrected chi connectivity index (χ1v) is 6.67. The van der Waals surface area contributed by atoms with Crippen molar-refractivity contribution in [3.05, 3.63) is 0 Å². The van der Waals surface area contributed by atoms with Gasteiger partial charge in [0.1, 0.15) is 0 Å². The van der Waals surface area contributed by atoms with Gasteiger partial charge in [0.2, 0.25) is 5.91 Å². The lowest BCUT2D eigenvalue weighted by molar-refractivity contribution is -0.137. The lowest BCUT2D eigenvalue weighted by Gasteiger charge is -2.35. The van der Waals surface area contributed by atoms with Crippen LogP contribution in [-0.4, -0.2) is 35.2 Å². The van der Waals surface area contributed by atoms with E-state index >= 15 is 0 Å². The van der Waals surface area contributed by atoms with Gasteiger partial charge in [0.05, 0.1) is 6.61 Å². The molecule has 0 unspecified atom stereocenters. The third-order valence-corrected chi connectivity index (χ3v) is 3.70. The van der Waals surface area contributed by atoms with E-state index in [1.54, 1.807) is 0 Å². The predicted molar refractivity (Wildman–Crippen MR) is 67.1 cm³/mol. The monoisotopic (exact) mass is 257 g/mol. The number of nitrogens with one attached hydrogen (secondary N) is 1. The zero-order valence-electron chi connectivity index (χ0n) is 10.8. The molecule has 1 aliphatic carbocycles. The minimum atomic E-state index is -0.873. The fourth-order valence-electron chi connectivity index (χ4n) is 2.47. The van der Waals surface area contributed by atoms with Crippen LogP contribution in [0, 0.1) is 5.41 Å². The average molecular weight is 257 g/mol. The van der Waals surface area contributed by atoms with Crippen molar-refractivity contribution in [2.75, 3.05) is 13.2 Å². The van der Waals surface area contributed by atoms with Crippen molar-refractivity contribution < 1.29 is 19.8 Å². The fraction of sp³-hybridized carbons (Fsp3) is 0.846. The van der Waals surface area contributed by atoms with Crippen LogP contribution in [0.25, 0.3) is 0 Å². The summed E-state index contributed by atoms with van der Waals surface area (Å²) in [6, 6.07) is 0. The molecular formula is C13H23NO4. The van der Waals surface area contributed by atoms with Crippen molar-refractivity contribution in [1.29, 1.82) is 0 Å². The van der Waals surface area contributed by atoms with Crippen molar-refractivity contribution >= 4 is 11.9 Å². The molecular weight excluding hydrogens is 234 g/mol. The van der Waals surface area contributed by atoms with Crippen LogP contribution in [-0.2, 0) is 9.59 Å². The summed E-state index contributed by atoms with van der Waals surface area (Å²) in [5.74, 6) is -0.989. The van der Waals surface area contributed by atoms with Crippen molar-refractivity contribution in [2.45, 2.75) is 51.4 Å². The van der Waals surface area contributed by atoms with E-state index in [1.807, 2.05) is 0 Å². The molecule has 0 aromatic rings. The molecule has 0 bridgehead atoms. The number of aliphatic hydroxyl groups excluding tert-OH is 1. The van der Waals surface area contributed by atoms with Gasteiger partial charge in [0.15, 0.2) is 0 Å². The van der Waals surface area contributed by atoms with Crippen molar-refractivity contribution in [2.24, 2.45) is 5.41 Å². The predicted octanol–water partition coefficient (Wildman–Crippen LogP) is 1.30. The van der Waals surface area contributed by atoms with Crippen LogP contribution >= 0.6 is 0 Å². The largest absolute Gasteiger partial charge is 0.481 e. The van der Waals surface area contributed by atoms with Crippen LogP contribution in [0.15, 0.2) is 0 Å². The highest BCUT2D eigenvalue weighted by Gasteiger charge is 2.31. The van der Waals surface area contributed by atoms with E-state index in [4.69, 9.17) is 5.11 Å². The van der Waals surface area contributed by atoms with Gasteiger partial charge in [-0.05, 0) is 19.3 Å². The molecule has 1 saturated carbocycles. The highest BCUT2D eigenvalue weighted by Crippen LogP contribution is 2.35. The third kappa shape index (κ3) is 5.04. The summed E-state index contributed by atoms with van der Waals surface area (Å²) < 4.78 is 0. The first-order chi connectivity index (χ1) is 8.58. The summed E-state index contributed by atoms with van der Waals surface area (Å²) in [6.45, 7) is 0.623. The molecule has 5 heteroatoms. The Balaban J connectivity index is 2.25. The lowest BCUT2D eigenvalue weighted by Crippen LogP contribution is -2.41.